The van der Waals surface area contributed by atoms with Gasteiger partial charge in [-0.15, -0.1) is 11.3 Å². The zero-order valence-corrected chi connectivity index (χ0v) is 6.07. The lowest BCUT2D eigenvalue weighted by Gasteiger charge is -1.87. The topological polar surface area (TPSA) is 12.5 Å². The van der Waals surface area contributed by atoms with Gasteiger partial charge in [0.2, 0.25) is 0 Å². The highest BCUT2D eigenvalue weighted by atomic mass is 32.1. The number of aryl methyl sites for hydroxylation is 1. The smallest absolute Gasteiger partial charge is 0.115 e. The first-order chi connectivity index (χ1) is 4.38. The van der Waals surface area contributed by atoms with Gasteiger partial charge in [0, 0.05) is 4.88 Å². The second-order valence-corrected chi connectivity index (χ2v) is 3.24. The van der Waals surface area contributed by atoms with Crippen LogP contribution in [0.2, 0.25) is 0 Å². The van der Waals surface area contributed by atoms with Gasteiger partial charge >= 0.3 is 0 Å². The molecule has 0 saturated carbocycles. The molecule has 1 unspecified atom stereocenters. The van der Waals surface area contributed by atoms with E-state index in [0.717, 1.165) is 6.61 Å². The molecule has 0 N–H and O–H groups in total. The van der Waals surface area contributed by atoms with E-state index >= 15 is 0 Å². The third kappa shape index (κ3) is 0.884. The molecule has 0 spiro atoms. The molecule has 1 aliphatic rings. The molecule has 1 fully saturated rings. The summed E-state index contributed by atoms with van der Waals surface area (Å²) in [5.41, 5.74) is 1.38. The summed E-state index contributed by atoms with van der Waals surface area (Å²) in [6.45, 7) is 3.06. The van der Waals surface area contributed by atoms with Gasteiger partial charge in [0.1, 0.15) is 6.10 Å². The van der Waals surface area contributed by atoms with Crippen LogP contribution >= 0.6 is 11.3 Å². The molecule has 0 bridgehead atoms. The van der Waals surface area contributed by atoms with Gasteiger partial charge < -0.3 is 4.74 Å². The van der Waals surface area contributed by atoms with Crippen molar-refractivity contribution < 1.29 is 4.74 Å². The highest BCUT2D eigenvalue weighted by molar-refractivity contribution is 7.10. The quantitative estimate of drug-likeness (QED) is 0.544. The summed E-state index contributed by atoms with van der Waals surface area (Å²) in [4.78, 5) is 1.41. The van der Waals surface area contributed by atoms with Gasteiger partial charge in [-0.05, 0) is 23.9 Å². The van der Waals surface area contributed by atoms with Crippen LogP contribution in [-0.2, 0) is 4.74 Å². The van der Waals surface area contributed by atoms with E-state index in [-0.39, 0.29) is 0 Å². The Hall–Kier alpha value is -0.340. The van der Waals surface area contributed by atoms with E-state index in [1.165, 1.54) is 10.4 Å². The van der Waals surface area contributed by atoms with Crippen molar-refractivity contribution in [1.82, 2.24) is 0 Å². The third-order valence-corrected chi connectivity index (χ3v) is 2.64. The SMILES string of the molecule is Cc1ccsc1C1CO1. The molecular weight excluding hydrogens is 132 g/mol. The molecule has 2 rings (SSSR count). The minimum Gasteiger partial charge on any atom is -0.367 e. The molecule has 0 amide bonds. The molecule has 1 nitrogen and oxygen atoms in total. The first-order valence-electron chi connectivity index (χ1n) is 3.03. The van der Waals surface area contributed by atoms with Crippen LogP contribution in [-0.4, -0.2) is 6.61 Å². The fourth-order valence-electron chi connectivity index (χ4n) is 0.914. The largest absolute Gasteiger partial charge is 0.367 e. The molecular formula is C7H8OS. The van der Waals surface area contributed by atoms with E-state index in [4.69, 9.17) is 4.74 Å². The molecule has 0 aromatic carbocycles. The van der Waals surface area contributed by atoms with Crippen molar-refractivity contribution >= 4 is 11.3 Å². The summed E-state index contributed by atoms with van der Waals surface area (Å²) in [7, 11) is 0. The van der Waals surface area contributed by atoms with Crippen molar-refractivity contribution in [2.45, 2.75) is 13.0 Å². The Balaban J connectivity index is 2.35. The van der Waals surface area contributed by atoms with Crippen LogP contribution in [0.3, 0.4) is 0 Å². The number of thiophene rings is 1. The number of rotatable bonds is 1. The van der Waals surface area contributed by atoms with Gasteiger partial charge in [0.05, 0.1) is 6.61 Å². The number of hydrogen-bond acceptors (Lipinski definition) is 2. The van der Waals surface area contributed by atoms with Gasteiger partial charge in [0.25, 0.3) is 0 Å². The summed E-state index contributed by atoms with van der Waals surface area (Å²) in [6.07, 6.45) is 0.449. The Bertz CT molecular complexity index is 212. The van der Waals surface area contributed by atoms with E-state index in [1.807, 2.05) is 0 Å². The zero-order valence-electron chi connectivity index (χ0n) is 5.26. The first kappa shape index (κ1) is 5.45. The Kier molecular flexibility index (Phi) is 1.10. The Morgan fingerprint density at radius 2 is 2.56 bits per heavy atom. The third-order valence-electron chi connectivity index (χ3n) is 1.53. The van der Waals surface area contributed by atoms with E-state index in [9.17, 15) is 0 Å². The van der Waals surface area contributed by atoms with Crippen LogP contribution in [0.1, 0.15) is 16.5 Å². The molecule has 1 aromatic rings. The second-order valence-electron chi connectivity index (χ2n) is 2.29. The molecule has 1 aliphatic heterocycles. The Morgan fingerprint density at radius 1 is 1.78 bits per heavy atom. The predicted octanol–water partition coefficient (Wildman–Crippen LogP) is 2.13. The highest BCUT2D eigenvalue weighted by Crippen LogP contribution is 2.35. The minimum absolute atomic E-state index is 0.449. The van der Waals surface area contributed by atoms with Crippen molar-refractivity contribution in [3.8, 4) is 0 Å². The average molecular weight is 140 g/mol. The highest BCUT2D eigenvalue weighted by Gasteiger charge is 2.26. The lowest BCUT2D eigenvalue weighted by Crippen LogP contribution is -1.74. The molecule has 1 aromatic heterocycles. The summed E-state index contributed by atoms with van der Waals surface area (Å²) in [5.74, 6) is 0. The summed E-state index contributed by atoms with van der Waals surface area (Å²) in [5, 5.41) is 2.12. The van der Waals surface area contributed by atoms with Crippen LogP contribution in [0, 0.1) is 6.92 Å². The van der Waals surface area contributed by atoms with Crippen LogP contribution < -0.4 is 0 Å². The van der Waals surface area contributed by atoms with Crippen LogP contribution in [0.5, 0.6) is 0 Å². The summed E-state index contributed by atoms with van der Waals surface area (Å²) in [6, 6.07) is 2.14. The maximum absolute atomic E-state index is 5.14. The molecule has 9 heavy (non-hydrogen) atoms. The number of epoxide rings is 1. The summed E-state index contributed by atoms with van der Waals surface area (Å²) >= 11 is 1.80. The first-order valence-corrected chi connectivity index (χ1v) is 3.91. The molecule has 2 heteroatoms. The van der Waals surface area contributed by atoms with Gasteiger partial charge in [-0.2, -0.15) is 0 Å². The van der Waals surface area contributed by atoms with Crippen molar-refractivity contribution in [3.05, 3.63) is 21.9 Å². The van der Waals surface area contributed by atoms with Crippen molar-refractivity contribution in [2.24, 2.45) is 0 Å². The van der Waals surface area contributed by atoms with Gasteiger partial charge in [-0.3, -0.25) is 0 Å². The van der Waals surface area contributed by atoms with E-state index < -0.39 is 0 Å². The molecule has 1 atom stereocenters. The van der Waals surface area contributed by atoms with E-state index in [1.54, 1.807) is 11.3 Å². The standard InChI is InChI=1S/C7H8OS/c1-5-2-3-9-7(5)6-4-8-6/h2-3,6H,4H2,1H3. The molecule has 1 saturated heterocycles. The van der Waals surface area contributed by atoms with E-state index in [2.05, 4.69) is 18.4 Å². The molecule has 0 aliphatic carbocycles. The summed E-state index contributed by atoms with van der Waals surface area (Å²) < 4.78 is 5.14. The van der Waals surface area contributed by atoms with Gasteiger partial charge in [-0.25, -0.2) is 0 Å². The van der Waals surface area contributed by atoms with Crippen LogP contribution in [0.15, 0.2) is 11.4 Å². The second kappa shape index (κ2) is 1.82. The van der Waals surface area contributed by atoms with Crippen molar-refractivity contribution in [2.75, 3.05) is 6.61 Å². The minimum atomic E-state index is 0.449. The molecule has 2 heterocycles. The lowest BCUT2D eigenvalue weighted by molar-refractivity contribution is 0.418. The molecule has 0 radical (unpaired) electrons. The van der Waals surface area contributed by atoms with Crippen LogP contribution in [0.4, 0.5) is 0 Å². The Morgan fingerprint density at radius 3 is 3.00 bits per heavy atom. The van der Waals surface area contributed by atoms with E-state index in [0.29, 0.717) is 6.10 Å². The van der Waals surface area contributed by atoms with Crippen molar-refractivity contribution in [1.29, 1.82) is 0 Å². The number of ether oxygens (including phenoxy) is 1. The normalized spacial score (nSPS) is 24.3. The molecule has 48 valence electrons. The van der Waals surface area contributed by atoms with Gasteiger partial charge in [0.15, 0.2) is 0 Å². The monoisotopic (exact) mass is 140 g/mol. The average Bonchev–Trinajstić information content (AvgIpc) is 2.58. The predicted molar refractivity (Wildman–Crippen MR) is 37.7 cm³/mol. The maximum atomic E-state index is 5.14. The zero-order chi connectivity index (χ0) is 6.27. The van der Waals surface area contributed by atoms with Crippen molar-refractivity contribution in [3.63, 3.8) is 0 Å². The maximum Gasteiger partial charge on any atom is 0.115 e. The fraction of sp³-hybridized carbons (Fsp3) is 0.429. The lowest BCUT2D eigenvalue weighted by atomic mass is 10.2. The fourth-order valence-corrected chi connectivity index (χ4v) is 1.87. The van der Waals surface area contributed by atoms with Crippen LogP contribution in [0.25, 0.3) is 0 Å². The van der Waals surface area contributed by atoms with Gasteiger partial charge in [-0.1, -0.05) is 0 Å². The Labute approximate surface area is 58.3 Å². The number of hydrogen-bond donors (Lipinski definition) is 0.